The van der Waals surface area contributed by atoms with E-state index in [4.69, 9.17) is 4.74 Å². The van der Waals surface area contributed by atoms with Gasteiger partial charge >= 0.3 is 12.4 Å². The molecule has 0 unspecified atom stereocenters. The predicted molar refractivity (Wildman–Crippen MR) is 127 cm³/mol. The van der Waals surface area contributed by atoms with Crippen molar-refractivity contribution in [1.29, 1.82) is 0 Å². The van der Waals surface area contributed by atoms with E-state index in [0.29, 0.717) is 36.6 Å². The number of ether oxygens (including phenoxy) is 2. The highest BCUT2D eigenvalue weighted by molar-refractivity contribution is 5.91. The number of carbonyl (C=O) groups is 1. The molecule has 3 aromatic rings. The molecule has 36 heavy (non-hydrogen) atoms. The number of anilines is 1. The van der Waals surface area contributed by atoms with Crippen molar-refractivity contribution in [3.8, 4) is 22.6 Å². The Morgan fingerprint density at radius 3 is 2.47 bits per heavy atom. The van der Waals surface area contributed by atoms with Gasteiger partial charge in [-0.3, -0.25) is 4.79 Å². The van der Waals surface area contributed by atoms with Gasteiger partial charge < -0.3 is 24.3 Å². The number of fused-ring (bicyclic) bond motifs is 4. The van der Waals surface area contributed by atoms with Crippen LogP contribution in [0.1, 0.15) is 18.0 Å². The zero-order valence-electron chi connectivity index (χ0n) is 19.4. The fourth-order valence-electron chi connectivity index (χ4n) is 5.20. The molecule has 1 fully saturated rings. The van der Waals surface area contributed by atoms with Crippen molar-refractivity contribution < 1.29 is 27.4 Å². The number of carbonyl (C=O) groups excluding carboxylic acids is 1. The standard InChI is InChI=1S/C26H24F3N3O4/c1-35-22-5-3-2-4-21(22)30-25(34)31-13-16-12-18(15-31)24-20(10-11-23(33)32(24)14-16)17-6-8-19(9-7-17)36-26(27,28)29/h2-11,16,18H,12-15H2,1H3,(H,30,34)/t16-,18+/m0/s1. The number of piperidine rings is 1. The zero-order chi connectivity index (χ0) is 25.4. The van der Waals surface area contributed by atoms with E-state index in [2.05, 4.69) is 10.1 Å². The number of hydrogen-bond acceptors (Lipinski definition) is 4. The maximum atomic E-state index is 13.1. The summed E-state index contributed by atoms with van der Waals surface area (Å²) in [4.78, 5) is 27.6. The van der Waals surface area contributed by atoms with Crippen LogP contribution >= 0.6 is 0 Å². The number of nitrogens with zero attached hydrogens (tertiary/aromatic N) is 2. The van der Waals surface area contributed by atoms with Gasteiger partial charge in [-0.2, -0.15) is 0 Å². The van der Waals surface area contributed by atoms with Crippen molar-refractivity contribution in [3.05, 3.63) is 76.7 Å². The molecule has 2 aliphatic rings. The van der Waals surface area contributed by atoms with E-state index in [-0.39, 0.29) is 29.2 Å². The molecule has 1 saturated heterocycles. The SMILES string of the molecule is COc1ccccc1NC(=O)N1C[C@@H]2C[C@H](C1)c1c(-c3ccc(OC(F)(F)F)cc3)ccc(=O)n1C2. The number of likely N-dealkylation sites (tertiary alicyclic amines) is 1. The molecule has 0 aliphatic carbocycles. The Morgan fingerprint density at radius 2 is 1.75 bits per heavy atom. The number of halogens is 3. The first-order valence-electron chi connectivity index (χ1n) is 11.5. The minimum Gasteiger partial charge on any atom is -0.495 e. The van der Waals surface area contributed by atoms with Crippen molar-refractivity contribution in [3.63, 3.8) is 0 Å². The average Bonchev–Trinajstić information content (AvgIpc) is 2.84. The molecule has 188 valence electrons. The fraction of sp³-hybridized carbons (Fsp3) is 0.308. The molecule has 10 heteroatoms. The van der Waals surface area contributed by atoms with E-state index >= 15 is 0 Å². The molecule has 3 heterocycles. The van der Waals surface area contributed by atoms with Crippen molar-refractivity contribution in [2.24, 2.45) is 5.92 Å². The third-order valence-corrected chi connectivity index (χ3v) is 6.62. The Labute approximate surface area is 205 Å². The van der Waals surface area contributed by atoms with E-state index in [0.717, 1.165) is 17.7 Å². The number of hydrogen-bond donors (Lipinski definition) is 1. The second-order valence-electron chi connectivity index (χ2n) is 8.99. The molecule has 2 atom stereocenters. The Kier molecular flexibility index (Phi) is 6.11. The highest BCUT2D eigenvalue weighted by Gasteiger charge is 2.38. The maximum Gasteiger partial charge on any atom is 0.573 e. The highest BCUT2D eigenvalue weighted by atomic mass is 19.4. The van der Waals surface area contributed by atoms with E-state index in [9.17, 15) is 22.8 Å². The van der Waals surface area contributed by atoms with Gasteiger partial charge in [0, 0.05) is 42.9 Å². The van der Waals surface area contributed by atoms with Crippen molar-refractivity contribution in [2.45, 2.75) is 25.2 Å². The number of aromatic nitrogens is 1. The normalized spacial score (nSPS) is 18.8. The number of amides is 2. The fourth-order valence-corrected chi connectivity index (χ4v) is 5.20. The van der Waals surface area contributed by atoms with Crippen LogP contribution in [0.2, 0.25) is 0 Å². The zero-order valence-corrected chi connectivity index (χ0v) is 19.4. The number of methoxy groups -OCH3 is 1. The summed E-state index contributed by atoms with van der Waals surface area (Å²) >= 11 is 0. The Morgan fingerprint density at radius 1 is 1.00 bits per heavy atom. The molecule has 7 nitrogen and oxygen atoms in total. The lowest BCUT2D eigenvalue weighted by Gasteiger charge is -2.43. The lowest BCUT2D eigenvalue weighted by molar-refractivity contribution is -0.274. The number of alkyl halides is 3. The molecular formula is C26H24F3N3O4. The number of para-hydroxylation sites is 2. The number of rotatable bonds is 4. The number of pyridine rings is 1. The summed E-state index contributed by atoms with van der Waals surface area (Å²) < 4.78 is 48.7. The van der Waals surface area contributed by atoms with Crippen LogP contribution in [-0.4, -0.2) is 42.1 Å². The first-order valence-corrected chi connectivity index (χ1v) is 11.5. The third-order valence-electron chi connectivity index (χ3n) is 6.62. The second-order valence-corrected chi connectivity index (χ2v) is 8.99. The van der Waals surface area contributed by atoms with E-state index in [1.165, 1.54) is 25.3 Å². The van der Waals surface area contributed by atoms with Gasteiger partial charge in [0.25, 0.3) is 5.56 Å². The van der Waals surface area contributed by atoms with Crippen LogP contribution in [0.5, 0.6) is 11.5 Å². The van der Waals surface area contributed by atoms with Crippen LogP contribution in [0, 0.1) is 5.92 Å². The molecule has 1 aromatic heterocycles. The summed E-state index contributed by atoms with van der Waals surface area (Å²) in [6.45, 7) is 1.38. The smallest absolute Gasteiger partial charge is 0.495 e. The first kappa shape index (κ1) is 23.8. The van der Waals surface area contributed by atoms with Crippen molar-refractivity contribution in [2.75, 3.05) is 25.5 Å². The minimum atomic E-state index is -4.77. The van der Waals surface area contributed by atoms with Crippen molar-refractivity contribution in [1.82, 2.24) is 9.47 Å². The van der Waals surface area contributed by atoms with Gasteiger partial charge in [-0.1, -0.05) is 24.3 Å². The van der Waals surface area contributed by atoms with Gasteiger partial charge in [-0.25, -0.2) is 4.79 Å². The van der Waals surface area contributed by atoms with Gasteiger partial charge in [0.05, 0.1) is 12.8 Å². The van der Waals surface area contributed by atoms with Crippen LogP contribution < -0.4 is 20.3 Å². The van der Waals surface area contributed by atoms with Crippen LogP contribution in [-0.2, 0) is 6.54 Å². The van der Waals surface area contributed by atoms with Crippen LogP contribution in [0.3, 0.4) is 0 Å². The average molecular weight is 499 g/mol. The summed E-state index contributed by atoms with van der Waals surface area (Å²) in [5.41, 5.74) is 2.65. The monoisotopic (exact) mass is 499 g/mol. The van der Waals surface area contributed by atoms with E-state index in [1.807, 2.05) is 12.1 Å². The third kappa shape index (κ3) is 4.75. The molecule has 0 saturated carbocycles. The van der Waals surface area contributed by atoms with Crippen LogP contribution in [0.4, 0.5) is 23.7 Å². The summed E-state index contributed by atoms with van der Waals surface area (Å²) in [6, 6.07) is 15.7. The van der Waals surface area contributed by atoms with E-state index in [1.54, 1.807) is 39.8 Å². The van der Waals surface area contributed by atoms with Gasteiger partial charge in [-0.05, 0) is 48.2 Å². The lowest BCUT2D eigenvalue weighted by atomic mass is 9.80. The van der Waals surface area contributed by atoms with E-state index < -0.39 is 6.36 Å². The summed E-state index contributed by atoms with van der Waals surface area (Å²) in [5, 5.41) is 2.91. The molecule has 1 N–H and O–H groups in total. The highest BCUT2D eigenvalue weighted by Crippen LogP contribution is 2.40. The summed E-state index contributed by atoms with van der Waals surface area (Å²) in [7, 11) is 1.54. The molecule has 2 bridgehead atoms. The molecule has 2 amide bonds. The Balaban J connectivity index is 1.42. The molecule has 2 aromatic carbocycles. The molecular weight excluding hydrogens is 475 g/mol. The Hall–Kier alpha value is -3.95. The van der Waals surface area contributed by atoms with Crippen LogP contribution in [0.15, 0.2) is 65.5 Å². The molecule has 0 radical (unpaired) electrons. The second kappa shape index (κ2) is 9.25. The lowest BCUT2D eigenvalue weighted by Crippen LogP contribution is -2.50. The maximum absolute atomic E-state index is 13.1. The molecule has 0 spiro atoms. The summed E-state index contributed by atoms with van der Waals surface area (Å²) in [5.74, 6) is 0.247. The Bertz CT molecular complexity index is 1340. The summed E-state index contributed by atoms with van der Waals surface area (Å²) in [6.07, 6.45) is -3.96. The number of nitrogens with one attached hydrogen (secondary N) is 1. The minimum absolute atomic E-state index is 0.101. The molecule has 5 rings (SSSR count). The van der Waals surface area contributed by atoms with Crippen molar-refractivity contribution >= 4 is 11.7 Å². The largest absolute Gasteiger partial charge is 0.573 e. The van der Waals surface area contributed by atoms with Gasteiger partial charge in [0.2, 0.25) is 0 Å². The predicted octanol–water partition coefficient (Wildman–Crippen LogP) is 5.07. The quantitative estimate of drug-likeness (QED) is 0.544. The molecule has 2 aliphatic heterocycles. The van der Waals surface area contributed by atoms with Gasteiger partial charge in [0.1, 0.15) is 11.5 Å². The van der Waals surface area contributed by atoms with Crippen LogP contribution in [0.25, 0.3) is 11.1 Å². The first-order chi connectivity index (χ1) is 17.2. The van der Waals surface area contributed by atoms with Gasteiger partial charge in [-0.15, -0.1) is 13.2 Å². The topological polar surface area (TPSA) is 72.8 Å². The number of benzene rings is 2. The van der Waals surface area contributed by atoms with Gasteiger partial charge in [0.15, 0.2) is 0 Å². The number of urea groups is 1.